The Labute approximate surface area is 124 Å². The maximum atomic E-state index is 12.2. The Kier molecular flexibility index (Phi) is 5.16. The number of nitrogens with one attached hydrogen (secondary N) is 1. The molecule has 114 valence electrons. The second-order valence-corrected chi connectivity index (χ2v) is 5.32. The van der Waals surface area contributed by atoms with Crippen molar-refractivity contribution in [3.63, 3.8) is 0 Å². The second-order valence-electron chi connectivity index (χ2n) is 5.32. The van der Waals surface area contributed by atoms with E-state index in [0.717, 1.165) is 31.5 Å². The SMILES string of the molecule is CC(NCc1ccc(/C(N)=N/O)cc1)C(=O)N1CCCC1. The van der Waals surface area contributed by atoms with Crippen molar-refractivity contribution in [2.24, 2.45) is 10.9 Å². The summed E-state index contributed by atoms with van der Waals surface area (Å²) in [5, 5.41) is 14.8. The predicted molar refractivity (Wildman–Crippen MR) is 81.1 cm³/mol. The number of amidine groups is 1. The Morgan fingerprint density at radius 1 is 1.38 bits per heavy atom. The third-order valence-corrected chi connectivity index (χ3v) is 3.76. The number of hydrogen-bond donors (Lipinski definition) is 3. The minimum atomic E-state index is -0.188. The van der Waals surface area contributed by atoms with Crippen LogP contribution in [0.4, 0.5) is 0 Å². The first-order valence-corrected chi connectivity index (χ1v) is 7.21. The zero-order valence-electron chi connectivity index (χ0n) is 12.2. The maximum absolute atomic E-state index is 12.2. The van der Waals surface area contributed by atoms with Crippen LogP contribution in [0.1, 0.15) is 30.9 Å². The molecular weight excluding hydrogens is 268 g/mol. The van der Waals surface area contributed by atoms with Gasteiger partial charge in [0.25, 0.3) is 0 Å². The molecule has 0 aromatic heterocycles. The summed E-state index contributed by atoms with van der Waals surface area (Å²) in [5.74, 6) is 0.257. The molecule has 0 bridgehead atoms. The summed E-state index contributed by atoms with van der Waals surface area (Å²) in [6.07, 6.45) is 2.21. The summed E-state index contributed by atoms with van der Waals surface area (Å²) in [4.78, 5) is 14.1. The summed E-state index contributed by atoms with van der Waals surface area (Å²) in [5.41, 5.74) is 7.23. The standard InChI is InChI=1S/C15H22N4O2/c1-11(15(20)19-8-2-3-9-19)17-10-12-4-6-13(7-5-12)14(16)18-21/h4-7,11,17,21H,2-3,8-10H2,1H3,(H2,16,18). The van der Waals surface area contributed by atoms with Crippen LogP contribution in [0.3, 0.4) is 0 Å². The quantitative estimate of drug-likeness (QED) is 0.325. The van der Waals surface area contributed by atoms with Gasteiger partial charge in [0, 0.05) is 25.2 Å². The third-order valence-electron chi connectivity index (χ3n) is 3.76. The van der Waals surface area contributed by atoms with E-state index < -0.39 is 0 Å². The van der Waals surface area contributed by atoms with Gasteiger partial charge in [-0.3, -0.25) is 4.79 Å². The number of carbonyl (C=O) groups is 1. The van der Waals surface area contributed by atoms with Crippen molar-refractivity contribution in [2.45, 2.75) is 32.4 Å². The molecule has 1 amide bonds. The number of nitrogens with two attached hydrogens (primary N) is 1. The van der Waals surface area contributed by atoms with Crippen molar-refractivity contribution < 1.29 is 10.0 Å². The molecule has 6 nitrogen and oxygen atoms in total. The van der Waals surface area contributed by atoms with Gasteiger partial charge in [-0.05, 0) is 25.3 Å². The smallest absolute Gasteiger partial charge is 0.239 e. The lowest BCUT2D eigenvalue weighted by atomic mass is 10.1. The minimum absolute atomic E-state index is 0.0899. The van der Waals surface area contributed by atoms with E-state index in [4.69, 9.17) is 10.9 Å². The third kappa shape index (κ3) is 3.95. The second kappa shape index (κ2) is 7.08. The maximum Gasteiger partial charge on any atom is 0.239 e. The van der Waals surface area contributed by atoms with E-state index in [1.54, 1.807) is 12.1 Å². The van der Waals surface area contributed by atoms with Gasteiger partial charge in [-0.15, -0.1) is 0 Å². The Morgan fingerprint density at radius 3 is 2.57 bits per heavy atom. The van der Waals surface area contributed by atoms with Gasteiger partial charge in [0.2, 0.25) is 5.91 Å². The molecule has 6 heteroatoms. The monoisotopic (exact) mass is 290 g/mol. The van der Waals surface area contributed by atoms with Crippen LogP contribution in [-0.4, -0.2) is 41.0 Å². The lowest BCUT2D eigenvalue weighted by Crippen LogP contribution is -2.43. The summed E-state index contributed by atoms with van der Waals surface area (Å²) < 4.78 is 0. The van der Waals surface area contributed by atoms with Crippen LogP contribution in [0, 0.1) is 0 Å². The van der Waals surface area contributed by atoms with Crippen LogP contribution in [0.15, 0.2) is 29.4 Å². The van der Waals surface area contributed by atoms with Gasteiger partial charge >= 0.3 is 0 Å². The zero-order chi connectivity index (χ0) is 15.2. The van der Waals surface area contributed by atoms with Gasteiger partial charge in [0.1, 0.15) is 0 Å². The topological polar surface area (TPSA) is 91.0 Å². The van der Waals surface area contributed by atoms with Crippen molar-refractivity contribution in [1.29, 1.82) is 0 Å². The lowest BCUT2D eigenvalue weighted by Gasteiger charge is -2.21. The van der Waals surface area contributed by atoms with E-state index >= 15 is 0 Å². The molecule has 1 fully saturated rings. The highest BCUT2D eigenvalue weighted by Gasteiger charge is 2.22. The van der Waals surface area contributed by atoms with Crippen molar-refractivity contribution in [2.75, 3.05) is 13.1 Å². The largest absolute Gasteiger partial charge is 0.409 e. The average molecular weight is 290 g/mol. The molecule has 1 unspecified atom stereocenters. The first-order valence-electron chi connectivity index (χ1n) is 7.21. The van der Waals surface area contributed by atoms with Crippen LogP contribution in [0.2, 0.25) is 0 Å². The molecular formula is C15H22N4O2. The molecule has 1 saturated heterocycles. The van der Waals surface area contributed by atoms with E-state index in [-0.39, 0.29) is 17.8 Å². The average Bonchev–Trinajstić information content (AvgIpc) is 3.06. The molecule has 1 atom stereocenters. The van der Waals surface area contributed by atoms with Crippen LogP contribution in [0.5, 0.6) is 0 Å². The number of hydrogen-bond acceptors (Lipinski definition) is 4. The number of benzene rings is 1. The molecule has 1 aliphatic heterocycles. The summed E-state index contributed by atoms with van der Waals surface area (Å²) >= 11 is 0. The summed E-state index contributed by atoms with van der Waals surface area (Å²) in [6, 6.07) is 7.19. The van der Waals surface area contributed by atoms with Crippen LogP contribution < -0.4 is 11.1 Å². The Hall–Kier alpha value is -2.08. The molecule has 1 heterocycles. The number of oxime groups is 1. The van der Waals surface area contributed by atoms with Crippen molar-refractivity contribution in [1.82, 2.24) is 10.2 Å². The van der Waals surface area contributed by atoms with Gasteiger partial charge in [0.15, 0.2) is 5.84 Å². The first kappa shape index (κ1) is 15.3. The highest BCUT2D eigenvalue weighted by Crippen LogP contribution is 2.10. The van der Waals surface area contributed by atoms with E-state index in [0.29, 0.717) is 12.1 Å². The van der Waals surface area contributed by atoms with E-state index in [2.05, 4.69) is 10.5 Å². The summed E-state index contributed by atoms with van der Waals surface area (Å²) in [7, 11) is 0. The number of nitrogens with zero attached hydrogens (tertiary/aromatic N) is 2. The molecule has 1 aromatic rings. The van der Waals surface area contributed by atoms with Crippen LogP contribution in [-0.2, 0) is 11.3 Å². The molecule has 21 heavy (non-hydrogen) atoms. The number of amides is 1. The minimum Gasteiger partial charge on any atom is -0.409 e. The fourth-order valence-electron chi connectivity index (χ4n) is 2.42. The first-order chi connectivity index (χ1) is 10.1. The Bertz CT molecular complexity index is 507. The predicted octanol–water partition coefficient (Wildman–Crippen LogP) is 0.882. The fourth-order valence-corrected chi connectivity index (χ4v) is 2.42. The molecule has 2 rings (SSSR count). The van der Waals surface area contributed by atoms with E-state index in [1.165, 1.54) is 0 Å². The molecule has 0 radical (unpaired) electrons. The van der Waals surface area contributed by atoms with Gasteiger partial charge in [0.05, 0.1) is 6.04 Å². The van der Waals surface area contributed by atoms with Crippen LogP contribution in [0.25, 0.3) is 0 Å². The molecule has 1 aliphatic rings. The van der Waals surface area contributed by atoms with Gasteiger partial charge in [-0.25, -0.2) is 0 Å². The molecule has 0 spiro atoms. The normalized spacial score (nSPS) is 17.0. The Morgan fingerprint density at radius 2 is 2.00 bits per heavy atom. The molecule has 0 aliphatic carbocycles. The molecule has 4 N–H and O–H groups in total. The molecule has 0 saturated carbocycles. The van der Waals surface area contributed by atoms with E-state index in [1.807, 2.05) is 24.0 Å². The number of carbonyl (C=O) groups excluding carboxylic acids is 1. The van der Waals surface area contributed by atoms with Crippen molar-refractivity contribution in [3.8, 4) is 0 Å². The van der Waals surface area contributed by atoms with Crippen molar-refractivity contribution >= 4 is 11.7 Å². The highest BCUT2D eigenvalue weighted by atomic mass is 16.4. The zero-order valence-corrected chi connectivity index (χ0v) is 12.2. The van der Waals surface area contributed by atoms with E-state index in [9.17, 15) is 4.79 Å². The number of rotatable bonds is 5. The number of likely N-dealkylation sites (tertiary alicyclic amines) is 1. The van der Waals surface area contributed by atoms with Gasteiger partial charge in [-0.1, -0.05) is 29.4 Å². The van der Waals surface area contributed by atoms with Gasteiger partial charge < -0.3 is 21.2 Å². The molecule has 1 aromatic carbocycles. The fraction of sp³-hybridized carbons (Fsp3) is 0.467. The van der Waals surface area contributed by atoms with Crippen molar-refractivity contribution in [3.05, 3.63) is 35.4 Å². The van der Waals surface area contributed by atoms with Gasteiger partial charge in [-0.2, -0.15) is 0 Å². The highest BCUT2D eigenvalue weighted by molar-refractivity contribution is 5.96. The summed E-state index contributed by atoms with van der Waals surface area (Å²) in [6.45, 7) is 4.25. The van der Waals surface area contributed by atoms with Crippen LogP contribution >= 0.6 is 0 Å². The lowest BCUT2D eigenvalue weighted by molar-refractivity contribution is -0.131. The Balaban J connectivity index is 1.86.